The minimum absolute atomic E-state index is 0.307. The third-order valence-electron chi connectivity index (χ3n) is 2.90. The topological polar surface area (TPSA) is 43.8 Å². The number of imidazole rings is 1. The Morgan fingerprint density at radius 2 is 2.00 bits per heavy atom. The van der Waals surface area contributed by atoms with Gasteiger partial charge in [0.25, 0.3) is 0 Å². The van der Waals surface area contributed by atoms with E-state index < -0.39 is 0 Å². The Balaban J connectivity index is 2.02. The molecule has 76 valence electrons. The smallest absolute Gasteiger partial charge is 0.0954 e. The first-order valence-electron chi connectivity index (χ1n) is 5.19. The Hall–Kier alpha value is -1.61. The summed E-state index contributed by atoms with van der Waals surface area (Å²) in [6.45, 7) is 0. The summed E-state index contributed by atoms with van der Waals surface area (Å²) in [5.41, 5.74) is 8.22. The van der Waals surface area contributed by atoms with E-state index in [2.05, 4.69) is 21.7 Å². The molecule has 0 aliphatic heterocycles. The summed E-state index contributed by atoms with van der Waals surface area (Å²) in [6, 6.07) is 11.1. The first-order valence-corrected chi connectivity index (χ1v) is 5.19. The molecule has 1 aliphatic carbocycles. The van der Waals surface area contributed by atoms with Gasteiger partial charge >= 0.3 is 0 Å². The zero-order valence-corrected chi connectivity index (χ0v) is 8.38. The third-order valence-corrected chi connectivity index (χ3v) is 2.90. The van der Waals surface area contributed by atoms with Crippen LogP contribution in [-0.2, 0) is 0 Å². The standard InChI is InChI=1S/C12H13N3/c13-10-6-11(10)15-8-14-7-12(15)9-4-2-1-3-5-9/h1-5,7-8,10-11H,6,13H2. The molecular weight excluding hydrogens is 186 g/mol. The van der Waals surface area contributed by atoms with Gasteiger partial charge in [0.05, 0.1) is 24.3 Å². The van der Waals surface area contributed by atoms with Crippen LogP contribution in [0.15, 0.2) is 42.9 Å². The maximum absolute atomic E-state index is 5.86. The average Bonchev–Trinajstić information content (AvgIpc) is 2.82. The summed E-state index contributed by atoms with van der Waals surface area (Å²) < 4.78 is 2.18. The Kier molecular flexibility index (Phi) is 1.86. The van der Waals surface area contributed by atoms with E-state index in [1.165, 1.54) is 5.56 Å². The lowest BCUT2D eigenvalue weighted by Crippen LogP contribution is -2.06. The minimum atomic E-state index is 0.307. The van der Waals surface area contributed by atoms with E-state index in [-0.39, 0.29) is 0 Å². The van der Waals surface area contributed by atoms with E-state index in [1.54, 1.807) is 0 Å². The number of aromatic nitrogens is 2. The van der Waals surface area contributed by atoms with E-state index in [1.807, 2.05) is 30.7 Å². The van der Waals surface area contributed by atoms with Crippen LogP contribution in [0, 0.1) is 0 Å². The van der Waals surface area contributed by atoms with Gasteiger partial charge in [-0.3, -0.25) is 0 Å². The molecule has 1 heterocycles. The van der Waals surface area contributed by atoms with Gasteiger partial charge in [0.15, 0.2) is 0 Å². The predicted molar refractivity (Wildman–Crippen MR) is 59.3 cm³/mol. The first kappa shape index (κ1) is 8.68. The van der Waals surface area contributed by atoms with Gasteiger partial charge in [-0.25, -0.2) is 4.98 Å². The Morgan fingerprint density at radius 1 is 1.27 bits per heavy atom. The molecule has 3 nitrogen and oxygen atoms in total. The summed E-state index contributed by atoms with van der Waals surface area (Å²) in [5.74, 6) is 0. The van der Waals surface area contributed by atoms with Crippen molar-refractivity contribution in [3.63, 3.8) is 0 Å². The van der Waals surface area contributed by atoms with Crippen molar-refractivity contribution in [2.45, 2.75) is 18.5 Å². The molecule has 2 N–H and O–H groups in total. The van der Waals surface area contributed by atoms with E-state index in [4.69, 9.17) is 5.73 Å². The maximum Gasteiger partial charge on any atom is 0.0954 e. The van der Waals surface area contributed by atoms with Crippen molar-refractivity contribution in [3.8, 4) is 11.3 Å². The lowest BCUT2D eigenvalue weighted by atomic mass is 10.2. The Morgan fingerprint density at radius 3 is 2.67 bits per heavy atom. The highest BCUT2D eigenvalue weighted by atomic mass is 15.1. The SMILES string of the molecule is NC1CC1n1cncc1-c1ccccc1. The van der Waals surface area contributed by atoms with Gasteiger partial charge in [-0.05, 0) is 12.0 Å². The van der Waals surface area contributed by atoms with Crippen LogP contribution in [0.2, 0.25) is 0 Å². The highest BCUT2D eigenvalue weighted by molar-refractivity contribution is 5.59. The lowest BCUT2D eigenvalue weighted by Gasteiger charge is -2.06. The highest BCUT2D eigenvalue weighted by Crippen LogP contribution is 2.37. The molecule has 2 atom stereocenters. The van der Waals surface area contributed by atoms with Crippen LogP contribution in [-0.4, -0.2) is 15.6 Å². The van der Waals surface area contributed by atoms with Crippen LogP contribution in [0.3, 0.4) is 0 Å². The van der Waals surface area contributed by atoms with Crippen molar-refractivity contribution in [1.82, 2.24) is 9.55 Å². The monoisotopic (exact) mass is 199 g/mol. The number of nitrogens with two attached hydrogens (primary N) is 1. The lowest BCUT2D eigenvalue weighted by molar-refractivity contribution is 0.718. The molecule has 0 amide bonds. The molecule has 0 bridgehead atoms. The second-order valence-corrected chi connectivity index (χ2v) is 4.02. The van der Waals surface area contributed by atoms with Gasteiger partial charge in [-0.15, -0.1) is 0 Å². The quantitative estimate of drug-likeness (QED) is 0.801. The molecule has 2 unspecified atom stereocenters. The van der Waals surface area contributed by atoms with Gasteiger partial charge in [0.1, 0.15) is 0 Å². The fraction of sp³-hybridized carbons (Fsp3) is 0.250. The largest absolute Gasteiger partial charge is 0.326 e. The molecule has 1 fully saturated rings. The summed E-state index contributed by atoms with van der Waals surface area (Å²) in [4.78, 5) is 4.20. The molecule has 1 aromatic heterocycles. The van der Waals surface area contributed by atoms with Crippen LogP contribution < -0.4 is 5.73 Å². The number of hydrogen-bond acceptors (Lipinski definition) is 2. The number of rotatable bonds is 2. The highest BCUT2D eigenvalue weighted by Gasteiger charge is 2.36. The number of benzene rings is 1. The normalized spacial score (nSPS) is 24.1. The Labute approximate surface area is 88.6 Å². The number of hydrogen-bond donors (Lipinski definition) is 1. The average molecular weight is 199 g/mol. The molecule has 1 saturated carbocycles. The molecule has 2 aromatic rings. The van der Waals surface area contributed by atoms with Crippen molar-refractivity contribution in [2.75, 3.05) is 0 Å². The van der Waals surface area contributed by atoms with Crippen LogP contribution in [0.25, 0.3) is 11.3 Å². The van der Waals surface area contributed by atoms with Gasteiger partial charge in [-0.2, -0.15) is 0 Å². The van der Waals surface area contributed by atoms with E-state index >= 15 is 0 Å². The Bertz CT molecular complexity index is 461. The van der Waals surface area contributed by atoms with Crippen molar-refractivity contribution in [2.24, 2.45) is 5.73 Å². The fourth-order valence-electron chi connectivity index (χ4n) is 1.92. The molecule has 0 spiro atoms. The van der Waals surface area contributed by atoms with Crippen LogP contribution in [0.1, 0.15) is 12.5 Å². The molecule has 1 aromatic carbocycles. The second-order valence-electron chi connectivity index (χ2n) is 4.02. The zero-order valence-electron chi connectivity index (χ0n) is 8.38. The maximum atomic E-state index is 5.86. The van der Waals surface area contributed by atoms with Crippen molar-refractivity contribution in [3.05, 3.63) is 42.9 Å². The molecule has 0 saturated heterocycles. The van der Waals surface area contributed by atoms with Crippen molar-refractivity contribution < 1.29 is 0 Å². The fourth-order valence-corrected chi connectivity index (χ4v) is 1.92. The molecule has 1 aliphatic rings. The first-order chi connectivity index (χ1) is 7.36. The third kappa shape index (κ3) is 1.45. The van der Waals surface area contributed by atoms with Gasteiger partial charge in [-0.1, -0.05) is 30.3 Å². The summed E-state index contributed by atoms with van der Waals surface area (Å²) >= 11 is 0. The van der Waals surface area contributed by atoms with Gasteiger partial charge in [0, 0.05) is 6.04 Å². The van der Waals surface area contributed by atoms with Gasteiger partial charge in [0.2, 0.25) is 0 Å². The molecule has 0 radical (unpaired) electrons. The molecule has 15 heavy (non-hydrogen) atoms. The summed E-state index contributed by atoms with van der Waals surface area (Å²) in [7, 11) is 0. The molecule has 3 rings (SSSR count). The van der Waals surface area contributed by atoms with E-state index in [9.17, 15) is 0 Å². The van der Waals surface area contributed by atoms with E-state index in [0.717, 1.165) is 12.1 Å². The van der Waals surface area contributed by atoms with Crippen molar-refractivity contribution in [1.29, 1.82) is 0 Å². The molecular formula is C12H13N3. The van der Waals surface area contributed by atoms with E-state index in [0.29, 0.717) is 12.1 Å². The summed E-state index contributed by atoms with van der Waals surface area (Å²) in [5, 5.41) is 0. The summed E-state index contributed by atoms with van der Waals surface area (Å²) in [6.07, 6.45) is 4.84. The zero-order chi connectivity index (χ0) is 10.3. The van der Waals surface area contributed by atoms with Crippen LogP contribution in [0.5, 0.6) is 0 Å². The minimum Gasteiger partial charge on any atom is -0.326 e. The van der Waals surface area contributed by atoms with Crippen LogP contribution in [0.4, 0.5) is 0 Å². The molecule has 3 heteroatoms. The number of nitrogens with zero attached hydrogens (tertiary/aromatic N) is 2. The van der Waals surface area contributed by atoms with Crippen molar-refractivity contribution >= 4 is 0 Å². The van der Waals surface area contributed by atoms with Crippen LogP contribution >= 0.6 is 0 Å². The second kappa shape index (κ2) is 3.21. The predicted octanol–water partition coefficient (Wildman–Crippen LogP) is 1.82. The van der Waals surface area contributed by atoms with Gasteiger partial charge < -0.3 is 10.3 Å².